The summed E-state index contributed by atoms with van der Waals surface area (Å²) in [4.78, 5) is 10.6. The van der Waals surface area contributed by atoms with Gasteiger partial charge < -0.3 is 15.9 Å². The van der Waals surface area contributed by atoms with Gasteiger partial charge in [-0.15, -0.1) is 0 Å². The molecule has 1 atom stereocenters. The molecule has 0 saturated carbocycles. The number of aliphatic carboxylic acids is 1. The fourth-order valence-corrected chi connectivity index (χ4v) is 2.91. The van der Waals surface area contributed by atoms with Gasteiger partial charge in [0.15, 0.2) is 0 Å². The third-order valence-electron chi connectivity index (χ3n) is 3.66. The molecule has 0 fully saturated rings. The Labute approximate surface area is 117 Å². The Morgan fingerprint density at radius 3 is 2.79 bits per heavy atom. The van der Waals surface area contributed by atoms with Crippen LogP contribution in [-0.4, -0.2) is 16.2 Å². The van der Waals surface area contributed by atoms with Crippen molar-refractivity contribution in [1.29, 1.82) is 0 Å². The molecule has 1 unspecified atom stereocenters. The van der Waals surface area contributed by atoms with Crippen LogP contribution in [0, 0.1) is 0 Å². The number of halogens is 1. The fourth-order valence-electron chi connectivity index (χ4n) is 2.58. The number of carboxylic acids is 1. The molecular formula is C14H18ClNO3. The molecule has 104 valence electrons. The Balaban J connectivity index is 2.30. The zero-order valence-electron chi connectivity index (χ0n) is 10.7. The van der Waals surface area contributed by atoms with Gasteiger partial charge in [0.05, 0.1) is 5.02 Å². The van der Waals surface area contributed by atoms with Gasteiger partial charge in [0.1, 0.15) is 5.75 Å². The molecule has 0 aromatic heterocycles. The number of carbonyl (C=O) groups is 1. The van der Waals surface area contributed by atoms with Crippen LogP contribution < -0.4 is 5.73 Å². The number of fused-ring (bicyclic) bond motifs is 1. The SMILES string of the molecule is NC(CCC(=O)O)c1cc2c(c(Cl)c1O)CCCC2. The van der Waals surface area contributed by atoms with Gasteiger partial charge in [-0.05, 0) is 43.2 Å². The number of phenolic OH excluding ortho intramolecular Hbond substituents is 1. The van der Waals surface area contributed by atoms with Gasteiger partial charge >= 0.3 is 5.97 Å². The number of aryl methyl sites for hydroxylation is 1. The summed E-state index contributed by atoms with van der Waals surface area (Å²) in [5, 5.41) is 19.2. The van der Waals surface area contributed by atoms with Crippen molar-refractivity contribution in [2.75, 3.05) is 0 Å². The van der Waals surface area contributed by atoms with E-state index in [1.54, 1.807) is 0 Å². The molecule has 1 aromatic carbocycles. The van der Waals surface area contributed by atoms with Crippen molar-refractivity contribution in [2.45, 2.75) is 44.6 Å². The predicted molar refractivity (Wildman–Crippen MR) is 73.6 cm³/mol. The van der Waals surface area contributed by atoms with Crippen molar-refractivity contribution in [2.24, 2.45) is 5.73 Å². The molecule has 5 heteroatoms. The van der Waals surface area contributed by atoms with Gasteiger partial charge in [-0.2, -0.15) is 0 Å². The highest BCUT2D eigenvalue weighted by atomic mass is 35.5. The quantitative estimate of drug-likeness (QED) is 0.793. The van der Waals surface area contributed by atoms with Gasteiger partial charge in [-0.3, -0.25) is 4.79 Å². The lowest BCUT2D eigenvalue weighted by Gasteiger charge is -2.22. The molecule has 0 heterocycles. The van der Waals surface area contributed by atoms with Crippen LogP contribution in [0.2, 0.25) is 5.02 Å². The largest absolute Gasteiger partial charge is 0.506 e. The van der Waals surface area contributed by atoms with Crippen molar-refractivity contribution in [1.82, 2.24) is 0 Å². The van der Waals surface area contributed by atoms with E-state index >= 15 is 0 Å². The van der Waals surface area contributed by atoms with Crippen LogP contribution in [0.5, 0.6) is 5.75 Å². The van der Waals surface area contributed by atoms with E-state index in [0.29, 0.717) is 10.6 Å². The fraction of sp³-hybridized carbons (Fsp3) is 0.500. The second-order valence-corrected chi connectivity index (χ2v) is 5.39. The van der Waals surface area contributed by atoms with Gasteiger partial charge in [0, 0.05) is 18.0 Å². The molecule has 4 nitrogen and oxygen atoms in total. The normalized spacial score (nSPS) is 15.9. The molecule has 1 aliphatic rings. The summed E-state index contributed by atoms with van der Waals surface area (Å²) < 4.78 is 0. The third-order valence-corrected chi connectivity index (χ3v) is 4.06. The van der Waals surface area contributed by atoms with Crippen LogP contribution in [0.1, 0.15) is 48.4 Å². The van der Waals surface area contributed by atoms with Crippen LogP contribution >= 0.6 is 11.6 Å². The predicted octanol–water partition coefficient (Wildman–Crippen LogP) is 2.79. The number of benzene rings is 1. The lowest BCUT2D eigenvalue weighted by atomic mass is 9.88. The first-order valence-corrected chi connectivity index (χ1v) is 6.89. The van der Waals surface area contributed by atoms with Crippen molar-refractivity contribution in [3.05, 3.63) is 27.8 Å². The van der Waals surface area contributed by atoms with Crippen molar-refractivity contribution < 1.29 is 15.0 Å². The van der Waals surface area contributed by atoms with E-state index in [4.69, 9.17) is 22.4 Å². The molecule has 0 aliphatic heterocycles. The first-order chi connectivity index (χ1) is 9.00. The first kappa shape index (κ1) is 14.2. The van der Waals surface area contributed by atoms with Crippen LogP contribution in [-0.2, 0) is 17.6 Å². The minimum Gasteiger partial charge on any atom is -0.506 e. The maximum absolute atomic E-state index is 10.6. The van der Waals surface area contributed by atoms with Crippen molar-refractivity contribution >= 4 is 17.6 Å². The Hall–Kier alpha value is -1.26. The number of phenols is 1. The molecule has 0 saturated heterocycles. The van der Waals surface area contributed by atoms with E-state index in [1.807, 2.05) is 6.07 Å². The summed E-state index contributed by atoms with van der Waals surface area (Å²) >= 11 is 6.20. The lowest BCUT2D eigenvalue weighted by molar-refractivity contribution is -0.137. The zero-order chi connectivity index (χ0) is 14.0. The number of hydrogen-bond donors (Lipinski definition) is 3. The summed E-state index contributed by atoms with van der Waals surface area (Å²) in [7, 11) is 0. The summed E-state index contributed by atoms with van der Waals surface area (Å²) in [5.41, 5.74) is 8.67. The number of aromatic hydroxyl groups is 1. The third kappa shape index (κ3) is 3.01. The number of nitrogens with two attached hydrogens (primary N) is 1. The average molecular weight is 284 g/mol. The molecule has 4 N–H and O–H groups in total. The smallest absolute Gasteiger partial charge is 0.303 e. The van der Waals surface area contributed by atoms with Gasteiger partial charge in [-0.1, -0.05) is 17.7 Å². The topological polar surface area (TPSA) is 83.6 Å². The van der Waals surface area contributed by atoms with Crippen molar-refractivity contribution in [3.8, 4) is 5.75 Å². The lowest BCUT2D eigenvalue weighted by Crippen LogP contribution is -2.14. The minimum atomic E-state index is -0.890. The highest BCUT2D eigenvalue weighted by Crippen LogP contribution is 2.40. The van der Waals surface area contributed by atoms with E-state index in [0.717, 1.165) is 36.8 Å². The maximum Gasteiger partial charge on any atom is 0.303 e. The van der Waals surface area contributed by atoms with Gasteiger partial charge in [0.25, 0.3) is 0 Å². The Morgan fingerprint density at radius 1 is 1.42 bits per heavy atom. The standard InChI is InChI=1S/C14H18ClNO3/c15-13-9-4-2-1-3-8(9)7-10(14(13)19)11(16)5-6-12(17)18/h7,11,19H,1-6,16H2,(H,17,18). The molecular weight excluding hydrogens is 266 g/mol. The zero-order valence-corrected chi connectivity index (χ0v) is 11.4. The van der Waals surface area contributed by atoms with Gasteiger partial charge in [0.2, 0.25) is 0 Å². The van der Waals surface area contributed by atoms with E-state index in [-0.39, 0.29) is 18.6 Å². The molecule has 19 heavy (non-hydrogen) atoms. The average Bonchev–Trinajstić information content (AvgIpc) is 2.40. The first-order valence-electron chi connectivity index (χ1n) is 6.51. The molecule has 1 aliphatic carbocycles. The highest BCUT2D eigenvalue weighted by molar-refractivity contribution is 6.33. The monoisotopic (exact) mass is 283 g/mol. The molecule has 0 amide bonds. The van der Waals surface area contributed by atoms with Crippen LogP contribution in [0.15, 0.2) is 6.07 Å². The van der Waals surface area contributed by atoms with E-state index < -0.39 is 12.0 Å². The number of carboxylic acid groups (broad SMARTS) is 1. The molecule has 0 bridgehead atoms. The summed E-state index contributed by atoms with van der Waals surface area (Å²) in [6, 6.07) is 1.39. The Bertz CT molecular complexity index is 502. The summed E-state index contributed by atoms with van der Waals surface area (Å²) in [6.07, 6.45) is 4.28. The number of hydrogen-bond acceptors (Lipinski definition) is 3. The molecule has 0 spiro atoms. The van der Waals surface area contributed by atoms with E-state index in [9.17, 15) is 9.90 Å². The van der Waals surface area contributed by atoms with Gasteiger partial charge in [-0.25, -0.2) is 0 Å². The molecule has 0 radical (unpaired) electrons. The maximum atomic E-state index is 10.6. The van der Waals surface area contributed by atoms with E-state index in [2.05, 4.69) is 0 Å². The minimum absolute atomic E-state index is 0.0141. The Morgan fingerprint density at radius 2 is 2.11 bits per heavy atom. The summed E-state index contributed by atoms with van der Waals surface area (Å²) in [6.45, 7) is 0. The second kappa shape index (κ2) is 5.80. The molecule has 1 aromatic rings. The Kier molecular flexibility index (Phi) is 4.32. The van der Waals surface area contributed by atoms with Crippen molar-refractivity contribution in [3.63, 3.8) is 0 Å². The highest BCUT2D eigenvalue weighted by Gasteiger charge is 2.22. The van der Waals surface area contributed by atoms with Crippen LogP contribution in [0.4, 0.5) is 0 Å². The summed E-state index contributed by atoms with van der Waals surface area (Å²) in [5.74, 6) is -0.876. The van der Waals surface area contributed by atoms with E-state index in [1.165, 1.54) is 0 Å². The molecule has 2 rings (SSSR count). The van der Waals surface area contributed by atoms with Crippen LogP contribution in [0.3, 0.4) is 0 Å². The second-order valence-electron chi connectivity index (χ2n) is 5.01. The number of rotatable bonds is 4. The van der Waals surface area contributed by atoms with Crippen LogP contribution in [0.25, 0.3) is 0 Å².